The van der Waals surface area contributed by atoms with E-state index < -0.39 is 12.3 Å². The Morgan fingerprint density at radius 2 is 1.64 bits per heavy atom. The molecule has 25 heavy (non-hydrogen) atoms. The van der Waals surface area contributed by atoms with Crippen molar-refractivity contribution in [3.63, 3.8) is 0 Å². The van der Waals surface area contributed by atoms with E-state index in [4.69, 9.17) is 9.84 Å². The molecule has 0 aliphatic carbocycles. The van der Waals surface area contributed by atoms with E-state index >= 15 is 0 Å². The van der Waals surface area contributed by atoms with Crippen molar-refractivity contribution in [2.24, 2.45) is 0 Å². The first-order chi connectivity index (χ1) is 11.8. The number of benzene rings is 2. The number of aliphatic hydroxyl groups is 1. The molecule has 0 aliphatic heterocycles. The zero-order valence-corrected chi connectivity index (χ0v) is 15.0. The van der Waals surface area contributed by atoms with Gasteiger partial charge >= 0.3 is 5.97 Å². The molecule has 2 aromatic rings. The summed E-state index contributed by atoms with van der Waals surface area (Å²) in [7, 11) is 0. The van der Waals surface area contributed by atoms with Gasteiger partial charge in [-0.3, -0.25) is 0 Å². The minimum atomic E-state index is -0.982. The fraction of sp³-hybridized carbons (Fsp3) is 0.381. The normalized spacial score (nSPS) is 12.6. The number of carboxylic acids is 1. The molecule has 0 saturated carbocycles. The van der Waals surface area contributed by atoms with Crippen LogP contribution >= 0.6 is 0 Å². The van der Waals surface area contributed by atoms with Crippen LogP contribution in [-0.4, -0.2) is 22.5 Å². The molecule has 4 heteroatoms. The molecule has 0 amide bonds. The first kappa shape index (κ1) is 19.0. The van der Waals surface area contributed by atoms with Gasteiger partial charge in [0, 0.05) is 6.42 Å². The summed E-state index contributed by atoms with van der Waals surface area (Å²) in [5.74, 6) is -0.517. The van der Waals surface area contributed by atoms with Gasteiger partial charge in [-0.25, -0.2) is 4.79 Å². The highest BCUT2D eigenvalue weighted by Gasteiger charge is 2.13. The molecule has 0 radical (unpaired) electrons. The Hall–Kier alpha value is -2.33. The highest BCUT2D eigenvalue weighted by atomic mass is 16.6. The van der Waals surface area contributed by atoms with Crippen LogP contribution in [0.25, 0.3) is 0 Å². The van der Waals surface area contributed by atoms with Crippen LogP contribution in [-0.2, 0) is 11.8 Å². The van der Waals surface area contributed by atoms with Crippen molar-refractivity contribution < 1.29 is 19.7 Å². The van der Waals surface area contributed by atoms with E-state index in [1.807, 2.05) is 0 Å². The number of hydrogen-bond donors (Lipinski definition) is 2. The van der Waals surface area contributed by atoms with Crippen molar-refractivity contribution in [3.8, 4) is 5.75 Å². The molecule has 1 unspecified atom stereocenters. The molecule has 134 valence electrons. The second-order valence-electron chi connectivity index (χ2n) is 7.24. The maximum absolute atomic E-state index is 10.8. The zero-order valence-electron chi connectivity index (χ0n) is 15.0. The molecule has 0 fully saturated rings. The summed E-state index contributed by atoms with van der Waals surface area (Å²) < 4.78 is 5.41. The fourth-order valence-electron chi connectivity index (χ4n) is 2.54. The third kappa shape index (κ3) is 5.91. The minimum Gasteiger partial charge on any atom is -0.478 e. The van der Waals surface area contributed by atoms with Gasteiger partial charge in [0.25, 0.3) is 0 Å². The van der Waals surface area contributed by atoms with E-state index in [0.29, 0.717) is 12.2 Å². The Bertz CT molecular complexity index is 681. The summed E-state index contributed by atoms with van der Waals surface area (Å²) in [6.45, 7) is 6.58. The summed E-state index contributed by atoms with van der Waals surface area (Å²) in [4.78, 5) is 10.8. The lowest BCUT2D eigenvalue weighted by Crippen LogP contribution is -2.15. The van der Waals surface area contributed by atoms with Gasteiger partial charge < -0.3 is 14.9 Å². The molecular formula is C21H26O4. The summed E-state index contributed by atoms with van der Waals surface area (Å²) in [5.41, 5.74) is 2.90. The molecule has 0 bridgehead atoms. The highest BCUT2D eigenvalue weighted by molar-refractivity contribution is 5.87. The average molecular weight is 342 g/mol. The Kier molecular flexibility index (Phi) is 6.21. The molecule has 0 saturated heterocycles. The van der Waals surface area contributed by atoms with Gasteiger partial charge in [0.1, 0.15) is 5.75 Å². The number of ether oxygens (including phenoxy) is 1. The van der Waals surface area contributed by atoms with Crippen LogP contribution in [0.4, 0.5) is 0 Å². The summed E-state index contributed by atoms with van der Waals surface area (Å²) in [6, 6.07) is 14.6. The van der Waals surface area contributed by atoms with Gasteiger partial charge in [-0.1, -0.05) is 45.0 Å². The molecule has 0 spiro atoms. The van der Waals surface area contributed by atoms with Crippen molar-refractivity contribution in [1.82, 2.24) is 0 Å². The lowest BCUT2D eigenvalue weighted by Gasteiger charge is -2.19. The second-order valence-corrected chi connectivity index (χ2v) is 7.24. The number of carboxylic acid groups (broad SMARTS) is 1. The van der Waals surface area contributed by atoms with Gasteiger partial charge in [-0.2, -0.15) is 0 Å². The van der Waals surface area contributed by atoms with Crippen molar-refractivity contribution in [2.75, 3.05) is 0 Å². The summed E-state index contributed by atoms with van der Waals surface area (Å²) >= 11 is 0. The zero-order chi connectivity index (χ0) is 18.4. The molecule has 0 heterocycles. The van der Waals surface area contributed by atoms with E-state index in [-0.39, 0.29) is 11.0 Å². The van der Waals surface area contributed by atoms with E-state index in [9.17, 15) is 9.90 Å². The topological polar surface area (TPSA) is 66.8 Å². The predicted octanol–water partition coefficient (Wildman–Crippen LogP) is 4.40. The lowest BCUT2D eigenvalue weighted by atomic mass is 9.86. The van der Waals surface area contributed by atoms with Gasteiger partial charge in [0.05, 0.1) is 5.56 Å². The molecule has 0 aromatic heterocycles. The fourth-order valence-corrected chi connectivity index (χ4v) is 2.54. The minimum absolute atomic E-state index is 0.152. The van der Waals surface area contributed by atoms with Crippen molar-refractivity contribution >= 4 is 5.97 Å². The smallest absolute Gasteiger partial charge is 0.335 e. The summed E-state index contributed by atoms with van der Waals surface area (Å²) in [5, 5.41) is 18.8. The third-order valence-corrected chi connectivity index (χ3v) is 4.11. The molecular weight excluding hydrogens is 316 g/mol. The molecule has 4 nitrogen and oxygen atoms in total. The number of aliphatic hydroxyl groups excluding tert-OH is 1. The maximum Gasteiger partial charge on any atom is 0.335 e. The Labute approximate surface area is 149 Å². The molecule has 2 N–H and O–H groups in total. The van der Waals surface area contributed by atoms with Crippen LogP contribution in [0, 0.1) is 0 Å². The first-order valence-electron chi connectivity index (χ1n) is 8.53. The number of rotatable bonds is 7. The quantitative estimate of drug-likeness (QED) is 0.732. The Balaban J connectivity index is 1.78. The van der Waals surface area contributed by atoms with Crippen molar-refractivity contribution in [3.05, 3.63) is 65.2 Å². The largest absolute Gasteiger partial charge is 0.478 e. The van der Waals surface area contributed by atoms with E-state index in [1.165, 1.54) is 23.3 Å². The van der Waals surface area contributed by atoms with Crippen LogP contribution in [0.15, 0.2) is 48.5 Å². The number of hydrogen-bond acceptors (Lipinski definition) is 3. The molecule has 0 aliphatic rings. The van der Waals surface area contributed by atoms with E-state index in [1.54, 1.807) is 12.1 Å². The number of carbonyl (C=O) groups is 1. The predicted molar refractivity (Wildman–Crippen MR) is 98.1 cm³/mol. The average Bonchev–Trinajstić information content (AvgIpc) is 2.55. The Morgan fingerprint density at radius 3 is 2.16 bits per heavy atom. The van der Waals surface area contributed by atoms with Crippen LogP contribution in [0.1, 0.15) is 55.1 Å². The van der Waals surface area contributed by atoms with Crippen molar-refractivity contribution in [2.45, 2.75) is 51.7 Å². The van der Waals surface area contributed by atoms with E-state index in [2.05, 4.69) is 45.0 Å². The molecule has 1 atom stereocenters. The molecule has 2 rings (SSSR count). The Morgan fingerprint density at radius 1 is 1.04 bits per heavy atom. The lowest BCUT2D eigenvalue weighted by molar-refractivity contribution is -0.0241. The van der Waals surface area contributed by atoms with Gasteiger partial charge in [0.15, 0.2) is 6.29 Å². The van der Waals surface area contributed by atoms with Crippen LogP contribution in [0.3, 0.4) is 0 Å². The maximum atomic E-state index is 10.8. The van der Waals surface area contributed by atoms with Crippen LogP contribution in [0.5, 0.6) is 5.75 Å². The van der Waals surface area contributed by atoms with Crippen LogP contribution < -0.4 is 4.74 Å². The summed E-state index contributed by atoms with van der Waals surface area (Å²) in [6.07, 6.45) is 1.30. The third-order valence-electron chi connectivity index (χ3n) is 4.11. The molecule has 2 aromatic carbocycles. The van der Waals surface area contributed by atoms with Gasteiger partial charge in [-0.05, 0) is 53.6 Å². The van der Waals surface area contributed by atoms with Crippen molar-refractivity contribution in [1.29, 1.82) is 0 Å². The van der Waals surface area contributed by atoms with E-state index in [0.717, 1.165) is 12.8 Å². The number of aryl methyl sites for hydroxylation is 1. The van der Waals surface area contributed by atoms with Crippen LogP contribution in [0.2, 0.25) is 0 Å². The highest BCUT2D eigenvalue weighted by Crippen LogP contribution is 2.22. The number of aromatic carboxylic acids is 1. The monoisotopic (exact) mass is 342 g/mol. The standard InChI is InChI=1S/C21H26O4/c1-21(2,3)17-11-7-15(8-12-17)5-4-6-19(22)25-18-13-9-16(10-14-18)20(23)24/h7-14,19,22H,4-6H2,1-3H3,(H,23,24). The SMILES string of the molecule is CC(C)(C)c1ccc(CCCC(O)Oc2ccc(C(=O)O)cc2)cc1. The van der Waals surface area contributed by atoms with Gasteiger partial charge in [0.2, 0.25) is 0 Å². The second kappa shape index (κ2) is 8.17. The first-order valence-corrected chi connectivity index (χ1v) is 8.53. The van der Waals surface area contributed by atoms with Gasteiger partial charge in [-0.15, -0.1) is 0 Å².